The lowest BCUT2D eigenvalue weighted by atomic mass is 10.1. The lowest BCUT2D eigenvalue weighted by Gasteiger charge is -2.14. The number of ketones is 1. The third-order valence-corrected chi connectivity index (χ3v) is 8.47. The van der Waals surface area contributed by atoms with Crippen molar-refractivity contribution in [2.75, 3.05) is 20.2 Å². The Morgan fingerprint density at radius 1 is 0.411 bits per heavy atom. The van der Waals surface area contributed by atoms with Gasteiger partial charge < -0.3 is 23.7 Å². The molecule has 17 nitrogen and oxygen atoms in total. The van der Waals surface area contributed by atoms with Crippen LogP contribution in [0.2, 0.25) is 0 Å². The molecular weight excluding hydrogens is 734 g/mol. The van der Waals surface area contributed by atoms with Gasteiger partial charge in [0, 0.05) is 57.1 Å². The number of aromatic nitrogens is 3. The van der Waals surface area contributed by atoms with E-state index in [0.29, 0.717) is 70.6 Å². The second kappa shape index (κ2) is 29.9. The van der Waals surface area contributed by atoms with Gasteiger partial charge in [-0.3, -0.25) is 14.4 Å². The lowest BCUT2D eigenvalue weighted by molar-refractivity contribution is -0.165. The van der Waals surface area contributed by atoms with E-state index in [-0.39, 0.29) is 51.3 Å². The molecule has 0 spiro atoms. The van der Waals surface area contributed by atoms with E-state index in [2.05, 4.69) is 29.2 Å². The fourth-order valence-electron chi connectivity index (χ4n) is 5.37. The van der Waals surface area contributed by atoms with Crippen molar-refractivity contribution in [3.63, 3.8) is 0 Å². The zero-order valence-electron chi connectivity index (χ0n) is 32.4. The molecule has 0 aromatic carbocycles. The standard InChI is InChI=1S/C39H57N3O14/c1-4-32(44)52-28-31(43)22-16-10-7-13-19-25-40-37(49)41(26-20-14-8-11-17-23-35(47)55-29-53-33(45)5-2)39(51)42(38(40)50)27-21-15-9-12-18-24-36(48)56-30-54-34(46)6-3/h4-6H,1-3,7-30H2. The summed E-state index contributed by atoms with van der Waals surface area (Å²) in [6, 6.07) is 0. The van der Waals surface area contributed by atoms with Crippen molar-refractivity contribution in [2.45, 2.75) is 135 Å². The normalized spacial score (nSPS) is 10.6. The summed E-state index contributed by atoms with van der Waals surface area (Å²) in [5, 5.41) is 0. The van der Waals surface area contributed by atoms with Crippen LogP contribution in [0.25, 0.3) is 0 Å². The molecule has 0 atom stereocenters. The number of rotatable bonds is 33. The van der Waals surface area contributed by atoms with Crippen LogP contribution >= 0.6 is 0 Å². The molecule has 0 bridgehead atoms. The molecule has 1 aromatic rings. The van der Waals surface area contributed by atoms with Gasteiger partial charge in [-0.05, 0) is 38.5 Å². The predicted molar refractivity (Wildman–Crippen MR) is 203 cm³/mol. The zero-order valence-corrected chi connectivity index (χ0v) is 32.4. The van der Waals surface area contributed by atoms with Crippen molar-refractivity contribution in [1.82, 2.24) is 13.7 Å². The van der Waals surface area contributed by atoms with Crippen molar-refractivity contribution in [1.29, 1.82) is 0 Å². The summed E-state index contributed by atoms with van der Waals surface area (Å²) in [7, 11) is 0. The van der Waals surface area contributed by atoms with Gasteiger partial charge in [0.1, 0.15) is 6.61 Å². The number of hydrogen-bond acceptors (Lipinski definition) is 14. The Balaban J connectivity index is 2.71. The smallest absolute Gasteiger partial charge is 0.336 e. The first-order chi connectivity index (χ1) is 26.9. The second-order valence-corrected chi connectivity index (χ2v) is 12.8. The van der Waals surface area contributed by atoms with E-state index in [1.807, 2.05) is 0 Å². The summed E-state index contributed by atoms with van der Waals surface area (Å²) < 4.78 is 26.9. The average molecular weight is 792 g/mol. The molecule has 0 unspecified atom stereocenters. The van der Waals surface area contributed by atoms with E-state index in [0.717, 1.165) is 57.6 Å². The number of esters is 5. The van der Waals surface area contributed by atoms with Crippen molar-refractivity contribution in [3.8, 4) is 0 Å². The monoisotopic (exact) mass is 791 g/mol. The highest BCUT2D eigenvalue weighted by Gasteiger charge is 2.16. The molecule has 0 aliphatic carbocycles. The van der Waals surface area contributed by atoms with Crippen LogP contribution in [-0.4, -0.2) is 69.5 Å². The maximum absolute atomic E-state index is 13.4. The molecular formula is C39H57N3O14. The average Bonchev–Trinajstić information content (AvgIpc) is 3.18. The highest BCUT2D eigenvalue weighted by Crippen LogP contribution is 2.09. The van der Waals surface area contributed by atoms with Gasteiger partial charge in [-0.2, -0.15) is 0 Å². The number of nitrogens with zero attached hydrogens (tertiary/aromatic N) is 3. The molecule has 56 heavy (non-hydrogen) atoms. The maximum Gasteiger partial charge on any atom is 0.336 e. The molecule has 0 saturated heterocycles. The Kier molecular flexibility index (Phi) is 26.0. The third kappa shape index (κ3) is 21.5. The van der Waals surface area contributed by atoms with Gasteiger partial charge in [0.05, 0.1) is 0 Å². The molecule has 0 saturated carbocycles. The van der Waals surface area contributed by atoms with Gasteiger partial charge in [0.2, 0.25) is 13.6 Å². The summed E-state index contributed by atoms with van der Waals surface area (Å²) >= 11 is 0. The second-order valence-electron chi connectivity index (χ2n) is 12.8. The molecule has 0 N–H and O–H groups in total. The molecule has 0 fully saturated rings. The number of carbonyl (C=O) groups excluding carboxylic acids is 6. The van der Waals surface area contributed by atoms with Gasteiger partial charge in [-0.25, -0.2) is 42.5 Å². The van der Waals surface area contributed by atoms with E-state index in [1.54, 1.807) is 0 Å². The van der Waals surface area contributed by atoms with Crippen LogP contribution in [0.4, 0.5) is 0 Å². The zero-order chi connectivity index (χ0) is 41.6. The largest absolute Gasteiger partial charge is 0.455 e. The minimum atomic E-state index is -0.693. The molecule has 1 heterocycles. The molecule has 0 radical (unpaired) electrons. The Morgan fingerprint density at radius 3 is 1.07 bits per heavy atom. The Morgan fingerprint density at radius 2 is 0.714 bits per heavy atom. The molecule has 0 aliphatic heterocycles. The van der Waals surface area contributed by atoms with E-state index in [1.165, 1.54) is 0 Å². The summed E-state index contributed by atoms with van der Waals surface area (Å²) in [6.07, 6.45) is 13.1. The van der Waals surface area contributed by atoms with E-state index >= 15 is 0 Å². The fraction of sp³-hybridized carbons (Fsp3) is 0.615. The van der Waals surface area contributed by atoms with Gasteiger partial charge in [0.15, 0.2) is 5.78 Å². The summed E-state index contributed by atoms with van der Waals surface area (Å²) in [4.78, 5) is 109. The Labute approximate surface area is 326 Å². The predicted octanol–water partition coefficient (Wildman–Crippen LogP) is 3.95. The van der Waals surface area contributed by atoms with Crippen LogP contribution in [0, 0.1) is 0 Å². The number of hydrogen-bond donors (Lipinski definition) is 0. The van der Waals surface area contributed by atoms with Crippen molar-refractivity contribution < 1.29 is 52.5 Å². The van der Waals surface area contributed by atoms with Gasteiger partial charge in [0.25, 0.3) is 0 Å². The van der Waals surface area contributed by atoms with Crippen molar-refractivity contribution in [3.05, 3.63) is 69.4 Å². The molecule has 312 valence electrons. The van der Waals surface area contributed by atoms with E-state index in [9.17, 15) is 43.2 Å². The SMILES string of the molecule is C=CC(=O)OCOC(=O)CCCCCCCn1c(=O)n(CCCCCCCC(=O)COC(=O)C=C)c(=O)n(CCCCCCCC(=O)OCOC(=O)C=C)c1=O. The van der Waals surface area contributed by atoms with Gasteiger partial charge in [-0.15, -0.1) is 0 Å². The molecule has 17 heteroatoms. The molecule has 1 rings (SSSR count). The fourth-order valence-corrected chi connectivity index (χ4v) is 5.37. The third-order valence-electron chi connectivity index (χ3n) is 8.47. The Bertz CT molecular complexity index is 1550. The maximum atomic E-state index is 13.4. The number of unbranched alkanes of at least 4 members (excludes halogenated alkanes) is 12. The number of Topliss-reactive ketones (excluding diaryl/α,β-unsaturated/α-hetero) is 1. The lowest BCUT2D eigenvalue weighted by Crippen LogP contribution is -2.54. The van der Waals surface area contributed by atoms with Crippen molar-refractivity contribution >= 4 is 35.6 Å². The van der Waals surface area contributed by atoms with Crippen LogP contribution in [-0.2, 0) is 72.1 Å². The van der Waals surface area contributed by atoms with E-state index in [4.69, 9.17) is 14.2 Å². The first kappa shape index (κ1) is 48.7. The number of ether oxygens (including phenoxy) is 5. The quantitative estimate of drug-likeness (QED) is 0.0324. The first-order valence-corrected chi connectivity index (χ1v) is 19.1. The van der Waals surface area contributed by atoms with Gasteiger partial charge >= 0.3 is 46.9 Å². The minimum Gasteiger partial charge on any atom is -0.455 e. The van der Waals surface area contributed by atoms with Crippen molar-refractivity contribution in [2.24, 2.45) is 0 Å². The Hall–Kier alpha value is -5.35. The highest BCUT2D eigenvalue weighted by atomic mass is 16.7. The molecule has 0 aliphatic rings. The van der Waals surface area contributed by atoms with Crippen LogP contribution < -0.4 is 17.1 Å². The van der Waals surface area contributed by atoms with Crippen LogP contribution in [0.3, 0.4) is 0 Å². The van der Waals surface area contributed by atoms with Gasteiger partial charge in [-0.1, -0.05) is 77.5 Å². The summed E-state index contributed by atoms with van der Waals surface area (Å²) in [5.41, 5.74) is -2.00. The molecule has 0 amide bonds. The van der Waals surface area contributed by atoms with Crippen LogP contribution in [0.15, 0.2) is 52.3 Å². The topological polar surface area (TPSA) is 215 Å². The van der Waals surface area contributed by atoms with Crippen LogP contribution in [0.1, 0.15) is 116 Å². The van der Waals surface area contributed by atoms with Crippen LogP contribution in [0.5, 0.6) is 0 Å². The van der Waals surface area contributed by atoms with E-state index < -0.39 is 60.5 Å². The summed E-state index contributed by atoms with van der Waals surface area (Å²) in [6.45, 7) is 8.90. The number of carbonyl (C=O) groups is 6. The minimum absolute atomic E-state index is 0.119. The molecule has 1 aromatic heterocycles. The first-order valence-electron chi connectivity index (χ1n) is 19.1. The summed E-state index contributed by atoms with van der Waals surface area (Å²) in [5.74, 6) is -3.23. The highest BCUT2D eigenvalue weighted by molar-refractivity contribution is 5.86.